The normalized spacial score (nSPS) is 21.2. The van der Waals surface area contributed by atoms with Gasteiger partial charge < -0.3 is 9.84 Å². The van der Waals surface area contributed by atoms with Crippen LogP contribution >= 0.6 is 0 Å². The van der Waals surface area contributed by atoms with Gasteiger partial charge in [0.25, 0.3) is 0 Å². The number of rotatable bonds is 6. The molecule has 1 aromatic rings. The first-order valence-electron chi connectivity index (χ1n) is 8.17. The van der Waals surface area contributed by atoms with Crippen LogP contribution < -0.4 is 0 Å². The number of ether oxygens (including phenoxy) is 1. The summed E-state index contributed by atoms with van der Waals surface area (Å²) in [5.74, 6) is -0.266. The maximum atomic E-state index is 12.9. The molecule has 1 aromatic carbocycles. The zero-order valence-corrected chi connectivity index (χ0v) is 13.9. The largest absolute Gasteiger partial charge is 0.388 e. The van der Waals surface area contributed by atoms with Crippen LogP contribution in [0.4, 0.5) is 4.39 Å². The molecule has 0 radical (unpaired) electrons. The summed E-state index contributed by atoms with van der Waals surface area (Å²) in [5.41, 5.74) is 0.683. The van der Waals surface area contributed by atoms with Crippen molar-refractivity contribution in [2.75, 3.05) is 19.7 Å². The Morgan fingerprint density at radius 2 is 2.00 bits per heavy atom. The minimum atomic E-state index is -0.533. The molecule has 0 saturated carbocycles. The lowest BCUT2D eigenvalue weighted by Gasteiger charge is -2.28. The highest BCUT2D eigenvalue weighted by Crippen LogP contribution is 2.27. The van der Waals surface area contributed by atoms with Crippen molar-refractivity contribution < 1.29 is 14.2 Å². The molecule has 1 fully saturated rings. The van der Waals surface area contributed by atoms with E-state index in [0.717, 1.165) is 31.5 Å². The summed E-state index contributed by atoms with van der Waals surface area (Å²) in [6.45, 7) is 8.87. The second-order valence-electron chi connectivity index (χ2n) is 7.10. The first kappa shape index (κ1) is 17.4. The van der Waals surface area contributed by atoms with Crippen molar-refractivity contribution in [3.8, 4) is 0 Å². The fourth-order valence-corrected chi connectivity index (χ4v) is 3.00. The Labute approximate surface area is 133 Å². The molecule has 1 aliphatic heterocycles. The van der Waals surface area contributed by atoms with Crippen LogP contribution in [-0.4, -0.2) is 41.3 Å². The fourth-order valence-electron chi connectivity index (χ4n) is 3.00. The van der Waals surface area contributed by atoms with Gasteiger partial charge in [-0.05, 0) is 64.3 Å². The van der Waals surface area contributed by atoms with Crippen molar-refractivity contribution in [3.05, 3.63) is 35.6 Å². The highest BCUT2D eigenvalue weighted by molar-refractivity contribution is 5.18. The third-order valence-corrected chi connectivity index (χ3v) is 4.16. The molecule has 22 heavy (non-hydrogen) atoms. The van der Waals surface area contributed by atoms with Crippen molar-refractivity contribution in [1.82, 2.24) is 4.90 Å². The Morgan fingerprint density at radius 1 is 1.32 bits per heavy atom. The molecule has 2 atom stereocenters. The van der Waals surface area contributed by atoms with E-state index in [0.29, 0.717) is 19.1 Å². The molecule has 1 N–H and O–H groups in total. The van der Waals surface area contributed by atoms with Crippen LogP contribution in [0, 0.1) is 5.82 Å². The average Bonchev–Trinajstić information content (AvgIpc) is 2.85. The lowest BCUT2D eigenvalue weighted by atomic mass is 10.0. The number of hydrogen-bond acceptors (Lipinski definition) is 3. The van der Waals surface area contributed by atoms with E-state index in [1.165, 1.54) is 12.1 Å². The van der Waals surface area contributed by atoms with Crippen LogP contribution in [0.25, 0.3) is 0 Å². The molecule has 1 heterocycles. The standard InChI is InChI=1S/C18H28FNO2/c1-18(2,3)22-12-11-20-10-4-5-16(20)13-17(21)14-6-8-15(19)9-7-14/h6-9,16-17,21H,4-5,10-13H2,1-3H3. The van der Waals surface area contributed by atoms with Crippen LogP contribution in [-0.2, 0) is 4.74 Å². The Bertz CT molecular complexity index is 455. The van der Waals surface area contributed by atoms with Gasteiger partial charge in [0.1, 0.15) is 5.82 Å². The summed E-state index contributed by atoms with van der Waals surface area (Å²) in [6.07, 6.45) is 2.43. The molecule has 2 unspecified atom stereocenters. The van der Waals surface area contributed by atoms with E-state index in [1.807, 2.05) is 0 Å². The zero-order chi connectivity index (χ0) is 16.2. The number of aliphatic hydroxyl groups excluding tert-OH is 1. The number of hydrogen-bond donors (Lipinski definition) is 1. The van der Waals surface area contributed by atoms with Gasteiger partial charge >= 0.3 is 0 Å². The summed E-state index contributed by atoms with van der Waals surface area (Å²) >= 11 is 0. The van der Waals surface area contributed by atoms with Crippen LogP contribution in [0.1, 0.15) is 51.7 Å². The number of likely N-dealkylation sites (tertiary alicyclic amines) is 1. The summed E-state index contributed by atoms with van der Waals surface area (Å²) in [4.78, 5) is 2.40. The second-order valence-corrected chi connectivity index (χ2v) is 7.10. The summed E-state index contributed by atoms with van der Waals surface area (Å²) in [7, 11) is 0. The molecular formula is C18H28FNO2. The van der Waals surface area contributed by atoms with E-state index in [4.69, 9.17) is 4.74 Å². The SMILES string of the molecule is CC(C)(C)OCCN1CCCC1CC(O)c1ccc(F)cc1. The zero-order valence-electron chi connectivity index (χ0n) is 13.9. The average molecular weight is 309 g/mol. The molecule has 2 rings (SSSR count). The maximum absolute atomic E-state index is 12.9. The van der Waals surface area contributed by atoms with E-state index in [2.05, 4.69) is 25.7 Å². The number of nitrogens with zero attached hydrogens (tertiary/aromatic N) is 1. The maximum Gasteiger partial charge on any atom is 0.123 e. The third kappa shape index (κ3) is 5.34. The lowest BCUT2D eigenvalue weighted by molar-refractivity contribution is -0.0164. The highest BCUT2D eigenvalue weighted by Gasteiger charge is 2.27. The molecule has 0 aromatic heterocycles. The van der Waals surface area contributed by atoms with E-state index in [9.17, 15) is 9.50 Å². The van der Waals surface area contributed by atoms with E-state index < -0.39 is 6.10 Å². The first-order valence-corrected chi connectivity index (χ1v) is 8.17. The summed E-state index contributed by atoms with van der Waals surface area (Å²) in [6, 6.07) is 6.53. The molecule has 0 aliphatic carbocycles. The van der Waals surface area contributed by atoms with Crippen molar-refractivity contribution in [2.45, 2.75) is 57.8 Å². The molecule has 3 nitrogen and oxygen atoms in total. The molecule has 1 saturated heterocycles. The summed E-state index contributed by atoms with van der Waals surface area (Å²) in [5, 5.41) is 10.4. The number of halogens is 1. The quantitative estimate of drug-likeness (QED) is 0.872. The van der Waals surface area contributed by atoms with Crippen molar-refractivity contribution in [3.63, 3.8) is 0 Å². The van der Waals surface area contributed by atoms with Crippen molar-refractivity contribution >= 4 is 0 Å². The number of benzene rings is 1. The predicted molar refractivity (Wildman–Crippen MR) is 86.3 cm³/mol. The third-order valence-electron chi connectivity index (χ3n) is 4.16. The fraction of sp³-hybridized carbons (Fsp3) is 0.667. The van der Waals surface area contributed by atoms with E-state index in [-0.39, 0.29) is 11.4 Å². The molecule has 0 amide bonds. The molecular weight excluding hydrogens is 281 g/mol. The number of aliphatic hydroxyl groups is 1. The predicted octanol–water partition coefficient (Wildman–Crippen LogP) is 3.53. The van der Waals surface area contributed by atoms with E-state index in [1.54, 1.807) is 12.1 Å². The minimum absolute atomic E-state index is 0.108. The van der Waals surface area contributed by atoms with Gasteiger partial charge in [-0.2, -0.15) is 0 Å². The molecule has 1 aliphatic rings. The second kappa shape index (κ2) is 7.53. The Hall–Kier alpha value is -0.970. The van der Waals surface area contributed by atoms with Gasteiger partial charge in [0.15, 0.2) is 0 Å². The molecule has 0 bridgehead atoms. The van der Waals surface area contributed by atoms with Gasteiger partial charge in [0, 0.05) is 12.6 Å². The molecule has 124 valence electrons. The van der Waals surface area contributed by atoms with Crippen LogP contribution in [0.3, 0.4) is 0 Å². The van der Waals surface area contributed by atoms with Gasteiger partial charge in [-0.15, -0.1) is 0 Å². The topological polar surface area (TPSA) is 32.7 Å². The van der Waals surface area contributed by atoms with Crippen LogP contribution in [0.5, 0.6) is 0 Å². The minimum Gasteiger partial charge on any atom is -0.388 e. The Balaban J connectivity index is 1.84. The summed E-state index contributed by atoms with van der Waals surface area (Å²) < 4.78 is 18.7. The van der Waals surface area contributed by atoms with Crippen LogP contribution in [0.2, 0.25) is 0 Å². The van der Waals surface area contributed by atoms with Gasteiger partial charge in [-0.1, -0.05) is 12.1 Å². The smallest absolute Gasteiger partial charge is 0.123 e. The van der Waals surface area contributed by atoms with Gasteiger partial charge in [0.2, 0.25) is 0 Å². The Kier molecular flexibility index (Phi) is 5.95. The van der Waals surface area contributed by atoms with Crippen molar-refractivity contribution in [1.29, 1.82) is 0 Å². The first-order chi connectivity index (χ1) is 10.3. The lowest BCUT2D eigenvalue weighted by Crippen LogP contribution is -2.35. The Morgan fingerprint density at radius 3 is 2.64 bits per heavy atom. The van der Waals surface area contributed by atoms with Gasteiger partial charge in [0.05, 0.1) is 18.3 Å². The van der Waals surface area contributed by atoms with Gasteiger partial charge in [-0.3, -0.25) is 4.90 Å². The molecule has 4 heteroatoms. The van der Waals surface area contributed by atoms with Crippen molar-refractivity contribution in [2.24, 2.45) is 0 Å². The molecule has 0 spiro atoms. The highest BCUT2D eigenvalue weighted by atomic mass is 19.1. The van der Waals surface area contributed by atoms with Crippen LogP contribution in [0.15, 0.2) is 24.3 Å². The van der Waals surface area contributed by atoms with Gasteiger partial charge in [-0.25, -0.2) is 4.39 Å². The monoisotopic (exact) mass is 309 g/mol. The van der Waals surface area contributed by atoms with E-state index >= 15 is 0 Å².